The van der Waals surface area contributed by atoms with Crippen molar-refractivity contribution in [2.45, 2.75) is 18.7 Å². The molecule has 2 aromatic rings. The number of nitrogens with one attached hydrogen (secondary N) is 1. The fourth-order valence-corrected chi connectivity index (χ4v) is 3.95. The SMILES string of the molecule is COc1ccc(S(=O)(=O)N(CC(=O)NCC(C)C)c2ccccc2)cc1OC. The minimum absolute atomic E-state index is 0.00524. The molecule has 2 aromatic carbocycles. The molecular formula is C20H26N2O5S. The third-order valence-corrected chi connectivity index (χ3v) is 5.75. The Bertz CT molecular complexity index is 898. The third-order valence-electron chi connectivity index (χ3n) is 3.98. The van der Waals surface area contributed by atoms with E-state index < -0.39 is 10.0 Å². The molecule has 0 aromatic heterocycles. The minimum Gasteiger partial charge on any atom is -0.493 e. The molecule has 0 unspecified atom stereocenters. The number of amides is 1. The lowest BCUT2D eigenvalue weighted by atomic mass is 10.2. The van der Waals surface area contributed by atoms with E-state index in [1.807, 2.05) is 13.8 Å². The highest BCUT2D eigenvalue weighted by molar-refractivity contribution is 7.92. The van der Waals surface area contributed by atoms with Crippen molar-refractivity contribution in [3.05, 3.63) is 48.5 Å². The topological polar surface area (TPSA) is 84.9 Å². The standard InChI is InChI=1S/C20H26N2O5S/c1-15(2)13-21-20(23)14-22(16-8-6-5-7-9-16)28(24,25)17-10-11-18(26-3)19(12-17)27-4/h5-12,15H,13-14H2,1-4H3,(H,21,23). The number of methoxy groups -OCH3 is 2. The Balaban J connectivity index is 2.42. The van der Waals surface area contributed by atoms with Crippen LogP contribution in [-0.2, 0) is 14.8 Å². The first kappa shape index (κ1) is 21.6. The van der Waals surface area contributed by atoms with Gasteiger partial charge in [0, 0.05) is 12.6 Å². The van der Waals surface area contributed by atoms with E-state index in [2.05, 4.69) is 5.32 Å². The number of hydrogen-bond donors (Lipinski definition) is 1. The molecule has 0 aliphatic carbocycles. The van der Waals surface area contributed by atoms with Crippen LogP contribution in [0.1, 0.15) is 13.8 Å². The van der Waals surface area contributed by atoms with Gasteiger partial charge in [0.25, 0.3) is 10.0 Å². The summed E-state index contributed by atoms with van der Waals surface area (Å²) in [5.74, 6) is 0.599. The summed E-state index contributed by atoms with van der Waals surface area (Å²) in [5, 5.41) is 2.76. The molecule has 0 bridgehead atoms. The van der Waals surface area contributed by atoms with Crippen molar-refractivity contribution >= 4 is 21.6 Å². The summed E-state index contributed by atoms with van der Waals surface area (Å²) in [4.78, 5) is 12.4. The first-order chi connectivity index (χ1) is 13.3. The van der Waals surface area contributed by atoms with Crippen LogP contribution in [0.25, 0.3) is 0 Å². The lowest BCUT2D eigenvalue weighted by Gasteiger charge is -2.24. The molecule has 0 saturated heterocycles. The predicted octanol–water partition coefficient (Wildman–Crippen LogP) is 2.67. The number of para-hydroxylation sites is 1. The maximum atomic E-state index is 13.3. The third kappa shape index (κ3) is 5.16. The minimum atomic E-state index is -4.01. The van der Waals surface area contributed by atoms with Crippen molar-refractivity contribution in [3.8, 4) is 11.5 Å². The van der Waals surface area contributed by atoms with Gasteiger partial charge < -0.3 is 14.8 Å². The van der Waals surface area contributed by atoms with Crippen LogP contribution in [0, 0.1) is 5.92 Å². The number of carbonyl (C=O) groups excluding carboxylic acids is 1. The van der Waals surface area contributed by atoms with Gasteiger partial charge in [-0.05, 0) is 30.2 Å². The van der Waals surface area contributed by atoms with Gasteiger partial charge in [-0.15, -0.1) is 0 Å². The average Bonchev–Trinajstić information content (AvgIpc) is 2.70. The molecular weight excluding hydrogens is 380 g/mol. The highest BCUT2D eigenvalue weighted by Gasteiger charge is 2.28. The van der Waals surface area contributed by atoms with Gasteiger partial charge in [-0.2, -0.15) is 0 Å². The molecule has 0 aliphatic rings. The number of ether oxygens (including phenoxy) is 2. The Hall–Kier alpha value is -2.74. The largest absolute Gasteiger partial charge is 0.493 e. The Morgan fingerprint density at radius 1 is 1.04 bits per heavy atom. The number of nitrogens with zero attached hydrogens (tertiary/aromatic N) is 1. The zero-order valence-electron chi connectivity index (χ0n) is 16.5. The smallest absolute Gasteiger partial charge is 0.264 e. The van der Waals surface area contributed by atoms with Gasteiger partial charge in [-0.25, -0.2) is 8.42 Å². The quantitative estimate of drug-likeness (QED) is 0.692. The van der Waals surface area contributed by atoms with E-state index in [0.29, 0.717) is 23.7 Å². The van der Waals surface area contributed by atoms with E-state index >= 15 is 0 Å². The van der Waals surface area contributed by atoms with Crippen molar-refractivity contribution in [1.29, 1.82) is 0 Å². The molecule has 0 heterocycles. The maximum absolute atomic E-state index is 13.3. The summed E-state index contributed by atoms with van der Waals surface area (Å²) in [6.45, 7) is 4.08. The molecule has 0 atom stereocenters. The second-order valence-electron chi connectivity index (χ2n) is 6.56. The molecule has 0 spiro atoms. The zero-order valence-corrected chi connectivity index (χ0v) is 17.3. The number of rotatable bonds is 9. The van der Waals surface area contributed by atoms with Crippen molar-refractivity contribution < 1.29 is 22.7 Å². The van der Waals surface area contributed by atoms with E-state index in [9.17, 15) is 13.2 Å². The number of benzene rings is 2. The van der Waals surface area contributed by atoms with Gasteiger partial charge in [-0.1, -0.05) is 32.0 Å². The van der Waals surface area contributed by atoms with Crippen molar-refractivity contribution in [2.24, 2.45) is 5.92 Å². The summed E-state index contributed by atoms with van der Waals surface area (Å²) in [7, 11) is -1.10. The number of hydrogen-bond acceptors (Lipinski definition) is 5. The van der Waals surface area contributed by atoms with Crippen molar-refractivity contribution in [1.82, 2.24) is 5.32 Å². The summed E-state index contributed by atoms with van der Waals surface area (Å²) >= 11 is 0. The normalized spacial score (nSPS) is 11.2. The molecule has 0 fully saturated rings. The Morgan fingerprint density at radius 3 is 2.25 bits per heavy atom. The highest BCUT2D eigenvalue weighted by Crippen LogP contribution is 2.32. The monoisotopic (exact) mass is 406 g/mol. The van der Waals surface area contributed by atoms with E-state index in [1.165, 1.54) is 32.4 Å². The summed E-state index contributed by atoms with van der Waals surface area (Å²) < 4.78 is 38.1. The van der Waals surface area contributed by atoms with Gasteiger partial charge >= 0.3 is 0 Å². The van der Waals surface area contributed by atoms with Crippen LogP contribution in [0.15, 0.2) is 53.4 Å². The molecule has 1 N–H and O–H groups in total. The maximum Gasteiger partial charge on any atom is 0.264 e. The molecule has 0 saturated carbocycles. The Labute approximate surface area is 166 Å². The number of sulfonamides is 1. The summed E-state index contributed by atoms with van der Waals surface area (Å²) in [5.41, 5.74) is 0.400. The molecule has 0 aliphatic heterocycles. The second kappa shape index (κ2) is 9.45. The zero-order chi connectivity index (χ0) is 20.7. The highest BCUT2D eigenvalue weighted by atomic mass is 32.2. The fraction of sp³-hybridized carbons (Fsp3) is 0.350. The fourth-order valence-electron chi connectivity index (χ4n) is 2.52. The molecule has 0 radical (unpaired) electrons. The molecule has 2 rings (SSSR count). The molecule has 8 heteroatoms. The second-order valence-corrected chi connectivity index (χ2v) is 8.42. The molecule has 7 nitrogen and oxygen atoms in total. The lowest BCUT2D eigenvalue weighted by molar-refractivity contribution is -0.119. The molecule has 152 valence electrons. The van der Waals surface area contributed by atoms with Gasteiger partial charge in [-0.3, -0.25) is 9.10 Å². The van der Waals surface area contributed by atoms with E-state index in [4.69, 9.17) is 9.47 Å². The van der Waals surface area contributed by atoms with Crippen LogP contribution in [0.2, 0.25) is 0 Å². The summed E-state index contributed by atoms with van der Waals surface area (Å²) in [6, 6.07) is 12.9. The Morgan fingerprint density at radius 2 is 1.68 bits per heavy atom. The van der Waals surface area contributed by atoms with Gasteiger partial charge in [0.2, 0.25) is 5.91 Å². The molecule has 1 amide bonds. The lowest BCUT2D eigenvalue weighted by Crippen LogP contribution is -2.41. The average molecular weight is 407 g/mol. The van der Waals surface area contributed by atoms with Gasteiger partial charge in [0.15, 0.2) is 11.5 Å². The Kier molecular flexibility index (Phi) is 7.28. The first-order valence-corrected chi connectivity index (χ1v) is 10.3. The van der Waals surface area contributed by atoms with Crippen LogP contribution in [0.5, 0.6) is 11.5 Å². The van der Waals surface area contributed by atoms with Crippen LogP contribution in [0.3, 0.4) is 0 Å². The molecule has 28 heavy (non-hydrogen) atoms. The van der Waals surface area contributed by atoms with E-state index in [1.54, 1.807) is 30.3 Å². The van der Waals surface area contributed by atoms with Crippen LogP contribution >= 0.6 is 0 Å². The number of anilines is 1. The van der Waals surface area contributed by atoms with Crippen LogP contribution in [0.4, 0.5) is 5.69 Å². The summed E-state index contributed by atoms with van der Waals surface area (Å²) in [6.07, 6.45) is 0. The van der Waals surface area contributed by atoms with Crippen molar-refractivity contribution in [2.75, 3.05) is 31.6 Å². The van der Waals surface area contributed by atoms with E-state index in [-0.39, 0.29) is 23.3 Å². The van der Waals surface area contributed by atoms with Crippen LogP contribution in [-0.4, -0.2) is 41.6 Å². The van der Waals surface area contributed by atoms with Crippen LogP contribution < -0.4 is 19.1 Å². The number of carbonyl (C=O) groups is 1. The first-order valence-electron chi connectivity index (χ1n) is 8.86. The van der Waals surface area contributed by atoms with Gasteiger partial charge in [0.1, 0.15) is 6.54 Å². The van der Waals surface area contributed by atoms with Crippen molar-refractivity contribution in [3.63, 3.8) is 0 Å². The predicted molar refractivity (Wildman–Crippen MR) is 108 cm³/mol. The van der Waals surface area contributed by atoms with E-state index in [0.717, 1.165) is 4.31 Å². The van der Waals surface area contributed by atoms with Gasteiger partial charge in [0.05, 0.1) is 24.8 Å².